The van der Waals surface area contributed by atoms with Crippen molar-refractivity contribution in [3.63, 3.8) is 0 Å². The zero-order chi connectivity index (χ0) is 16.8. The van der Waals surface area contributed by atoms with Crippen molar-refractivity contribution < 1.29 is 9.90 Å². The fraction of sp³-hybridized carbons (Fsp3) is 0.474. The number of hydrogen-bond donors (Lipinski definition) is 2. The predicted octanol–water partition coefficient (Wildman–Crippen LogP) is 3.55. The molecule has 2 aromatic rings. The molecule has 3 rings (SSSR count). The molecule has 1 heterocycles. The number of thiazole rings is 1. The van der Waals surface area contributed by atoms with Crippen LogP contribution in [0.1, 0.15) is 44.2 Å². The molecule has 0 radical (unpaired) electrons. The number of nitrogens with zero attached hydrogens (tertiary/aromatic N) is 1. The van der Waals surface area contributed by atoms with E-state index >= 15 is 0 Å². The Hall–Kier alpha value is -1.72. The molecule has 5 heteroatoms. The molecule has 1 aliphatic rings. The molecule has 0 spiro atoms. The average Bonchev–Trinajstić information content (AvgIpc) is 3.05. The van der Waals surface area contributed by atoms with Crippen LogP contribution >= 0.6 is 11.3 Å². The highest BCUT2D eigenvalue weighted by molar-refractivity contribution is 7.13. The molecule has 1 saturated carbocycles. The minimum atomic E-state index is -0.788. The van der Waals surface area contributed by atoms with E-state index < -0.39 is 5.60 Å². The number of aromatic nitrogens is 1. The minimum absolute atomic E-state index is 0.0575. The Labute approximate surface area is 146 Å². The molecular weight excluding hydrogens is 320 g/mol. The summed E-state index contributed by atoms with van der Waals surface area (Å²) in [5, 5.41) is 16.4. The molecule has 1 aromatic carbocycles. The van der Waals surface area contributed by atoms with Crippen molar-refractivity contribution in [3.05, 3.63) is 41.4 Å². The maximum Gasteiger partial charge on any atom is 0.222 e. The Morgan fingerprint density at radius 3 is 2.71 bits per heavy atom. The number of amides is 1. The molecule has 0 bridgehead atoms. The van der Waals surface area contributed by atoms with Gasteiger partial charge in [-0.2, -0.15) is 0 Å². The van der Waals surface area contributed by atoms with E-state index in [1.165, 1.54) is 0 Å². The Morgan fingerprint density at radius 1 is 1.21 bits per heavy atom. The van der Waals surface area contributed by atoms with E-state index in [1.54, 1.807) is 11.3 Å². The molecule has 4 nitrogen and oxygen atoms in total. The third-order valence-corrected chi connectivity index (χ3v) is 5.49. The lowest BCUT2D eigenvalue weighted by Crippen LogP contribution is -2.38. The van der Waals surface area contributed by atoms with E-state index in [2.05, 4.69) is 22.4 Å². The third kappa shape index (κ3) is 4.65. The molecule has 0 atom stereocenters. The van der Waals surface area contributed by atoms with Gasteiger partial charge in [-0.05, 0) is 12.8 Å². The molecule has 0 saturated heterocycles. The van der Waals surface area contributed by atoms with E-state index in [4.69, 9.17) is 0 Å². The van der Waals surface area contributed by atoms with Crippen molar-refractivity contribution in [1.29, 1.82) is 0 Å². The molecule has 128 valence electrons. The highest BCUT2D eigenvalue weighted by Gasteiger charge is 2.31. The van der Waals surface area contributed by atoms with Crippen LogP contribution in [0.5, 0.6) is 0 Å². The second-order valence-corrected chi connectivity index (χ2v) is 7.43. The summed E-state index contributed by atoms with van der Waals surface area (Å²) < 4.78 is 0. The van der Waals surface area contributed by atoms with Crippen LogP contribution in [0.15, 0.2) is 35.7 Å². The van der Waals surface area contributed by atoms with Crippen molar-refractivity contribution in [2.75, 3.05) is 6.54 Å². The Balaban J connectivity index is 1.45. The Kier molecular flexibility index (Phi) is 5.63. The van der Waals surface area contributed by atoms with Gasteiger partial charge in [0.25, 0.3) is 0 Å². The van der Waals surface area contributed by atoms with E-state index in [0.717, 1.165) is 48.4 Å². The fourth-order valence-corrected chi connectivity index (χ4v) is 4.07. The van der Waals surface area contributed by atoms with Crippen molar-refractivity contribution in [2.45, 2.75) is 50.5 Å². The van der Waals surface area contributed by atoms with Crippen LogP contribution in [0.2, 0.25) is 0 Å². The Morgan fingerprint density at radius 2 is 1.96 bits per heavy atom. The Bertz CT molecular complexity index is 663. The molecule has 1 aliphatic carbocycles. The van der Waals surface area contributed by atoms with Crippen LogP contribution in [0.25, 0.3) is 10.6 Å². The molecule has 2 N–H and O–H groups in total. The number of benzene rings is 1. The summed E-state index contributed by atoms with van der Waals surface area (Å²) in [6.45, 7) is 0.562. The normalized spacial score (nSPS) is 16.7. The van der Waals surface area contributed by atoms with Crippen LogP contribution in [0, 0.1) is 0 Å². The van der Waals surface area contributed by atoms with Gasteiger partial charge in [0.2, 0.25) is 5.91 Å². The number of carbonyl (C=O) groups is 1. The first-order chi connectivity index (χ1) is 11.6. The maximum absolute atomic E-state index is 12.0. The molecule has 0 unspecified atom stereocenters. The summed E-state index contributed by atoms with van der Waals surface area (Å²) in [6, 6.07) is 10.1. The SMILES string of the molecule is O=C(CC1(O)CCCCC1)NCCc1csc(-c2ccccc2)n1. The van der Waals surface area contributed by atoms with E-state index in [1.807, 2.05) is 23.6 Å². The average molecular weight is 344 g/mol. The topological polar surface area (TPSA) is 62.2 Å². The number of aliphatic hydroxyl groups is 1. The van der Waals surface area contributed by atoms with Gasteiger partial charge < -0.3 is 10.4 Å². The van der Waals surface area contributed by atoms with Crippen molar-refractivity contribution in [1.82, 2.24) is 10.3 Å². The molecule has 1 fully saturated rings. The summed E-state index contributed by atoms with van der Waals surface area (Å²) in [5.41, 5.74) is 1.33. The summed E-state index contributed by atoms with van der Waals surface area (Å²) in [7, 11) is 0. The van der Waals surface area contributed by atoms with Gasteiger partial charge in [0.1, 0.15) is 5.01 Å². The number of hydrogen-bond acceptors (Lipinski definition) is 4. The zero-order valence-electron chi connectivity index (χ0n) is 13.8. The highest BCUT2D eigenvalue weighted by atomic mass is 32.1. The number of nitrogens with one attached hydrogen (secondary N) is 1. The van der Waals surface area contributed by atoms with Gasteiger partial charge in [0.15, 0.2) is 0 Å². The predicted molar refractivity (Wildman–Crippen MR) is 96.9 cm³/mol. The van der Waals surface area contributed by atoms with Crippen molar-refractivity contribution >= 4 is 17.2 Å². The largest absolute Gasteiger partial charge is 0.389 e. The summed E-state index contributed by atoms with van der Waals surface area (Å²) in [4.78, 5) is 16.7. The standard InChI is InChI=1S/C19H24N2O2S/c22-17(13-19(23)10-5-2-6-11-19)20-12-9-16-14-24-18(21-16)15-7-3-1-4-8-15/h1,3-4,7-8,14,23H,2,5-6,9-13H2,(H,20,22). The first-order valence-corrected chi connectivity index (χ1v) is 9.52. The molecule has 1 aromatic heterocycles. The second kappa shape index (κ2) is 7.90. The fourth-order valence-electron chi connectivity index (χ4n) is 3.21. The summed E-state index contributed by atoms with van der Waals surface area (Å²) in [5.74, 6) is -0.0575. The summed E-state index contributed by atoms with van der Waals surface area (Å²) >= 11 is 1.63. The van der Waals surface area contributed by atoms with Crippen molar-refractivity contribution in [3.8, 4) is 10.6 Å². The zero-order valence-corrected chi connectivity index (χ0v) is 14.6. The van der Waals surface area contributed by atoms with E-state index in [9.17, 15) is 9.90 Å². The van der Waals surface area contributed by atoms with E-state index in [0.29, 0.717) is 13.0 Å². The first-order valence-electron chi connectivity index (χ1n) is 8.64. The quantitative estimate of drug-likeness (QED) is 0.842. The molecule has 24 heavy (non-hydrogen) atoms. The molecule has 0 aliphatic heterocycles. The third-order valence-electron chi connectivity index (χ3n) is 4.55. The highest BCUT2D eigenvalue weighted by Crippen LogP contribution is 2.30. The van der Waals surface area contributed by atoms with Gasteiger partial charge in [-0.1, -0.05) is 49.6 Å². The number of carbonyl (C=O) groups excluding carboxylic acids is 1. The monoisotopic (exact) mass is 344 g/mol. The lowest BCUT2D eigenvalue weighted by atomic mass is 9.82. The molecule has 1 amide bonds. The lowest BCUT2D eigenvalue weighted by Gasteiger charge is -2.31. The lowest BCUT2D eigenvalue weighted by molar-refractivity contribution is -0.127. The van der Waals surface area contributed by atoms with Gasteiger partial charge in [0, 0.05) is 23.9 Å². The second-order valence-electron chi connectivity index (χ2n) is 6.57. The van der Waals surface area contributed by atoms with Gasteiger partial charge in [-0.15, -0.1) is 11.3 Å². The van der Waals surface area contributed by atoms with Gasteiger partial charge in [0.05, 0.1) is 17.7 Å². The smallest absolute Gasteiger partial charge is 0.222 e. The van der Waals surface area contributed by atoms with Gasteiger partial charge in [-0.25, -0.2) is 4.98 Å². The van der Waals surface area contributed by atoms with Crippen LogP contribution < -0.4 is 5.32 Å². The maximum atomic E-state index is 12.0. The first kappa shape index (κ1) is 17.1. The van der Waals surface area contributed by atoms with Crippen LogP contribution in [-0.4, -0.2) is 28.1 Å². The molecular formula is C19H24N2O2S. The van der Waals surface area contributed by atoms with Crippen LogP contribution in [-0.2, 0) is 11.2 Å². The van der Waals surface area contributed by atoms with Crippen molar-refractivity contribution in [2.24, 2.45) is 0 Å². The number of rotatable bonds is 6. The van der Waals surface area contributed by atoms with Gasteiger partial charge >= 0.3 is 0 Å². The van der Waals surface area contributed by atoms with Crippen LogP contribution in [0.3, 0.4) is 0 Å². The summed E-state index contributed by atoms with van der Waals surface area (Å²) in [6.07, 6.45) is 5.62. The van der Waals surface area contributed by atoms with Crippen LogP contribution in [0.4, 0.5) is 0 Å². The minimum Gasteiger partial charge on any atom is -0.389 e. The van der Waals surface area contributed by atoms with E-state index in [-0.39, 0.29) is 12.3 Å². The van der Waals surface area contributed by atoms with Gasteiger partial charge in [-0.3, -0.25) is 4.79 Å².